The van der Waals surface area contributed by atoms with Gasteiger partial charge >= 0.3 is 0 Å². The minimum atomic E-state index is -0.391. The van der Waals surface area contributed by atoms with Gasteiger partial charge in [-0.1, -0.05) is 25.3 Å². The smallest absolute Gasteiger partial charge is 0.256 e. The molecule has 1 aliphatic carbocycles. The minimum absolute atomic E-state index is 0.141. The van der Waals surface area contributed by atoms with Gasteiger partial charge in [0, 0.05) is 13.1 Å². The van der Waals surface area contributed by atoms with Crippen LogP contribution in [0.25, 0.3) is 0 Å². The van der Waals surface area contributed by atoms with Crippen molar-refractivity contribution in [1.82, 2.24) is 4.90 Å². The highest BCUT2D eigenvalue weighted by Gasteiger charge is 2.37. The van der Waals surface area contributed by atoms with Gasteiger partial charge in [0.1, 0.15) is 5.82 Å². The van der Waals surface area contributed by atoms with Crippen molar-refractivity contribution in [2.24, 2.45) is 5.41 Å². The minimum Gasteiger partial charge on any atom is -0.339 e. The molecule has 0 atom stereocenters. The number of nitrogens with zero attached hydrogens (tertiary/aromatic N) is 1. The van der Waals surface area contributed by atoms with Crippen molar-refractivity contribution < 1.29 is 9.18 Å². The van der Waals surface area contributed by atoms with E-state index < -0.39 is 5.82 Å². The molecule has 1 aromatic carbocycles. The summed E-state index contributed by atoms with van der Waals surface area (Å²) in [6, 6.07) is 4.88. The average molecular weight is 289 g/mol. The number of rotatable bonds is 1. The molecule has 2 fully saturated rings. The van der Waals surface area contributed by atoms with Crippen LogP contribution in [-0.2, 0) is 0 Å². The predicted octanol–water partition coefficient (Wildman–Crippen LogP) is 4.32. The van der Waals surface area contributed by atoms with E-state index in [2.05, 4.69) is 0 Å². The van der Waals surface area contributed by atoms with Gasteiger partial charge in [0.2, 0.25) is 0 Å². The molecule has 1 aliphatic heterocycles. The van der Waals surface area contributed by atoms with Crippen LogP contribution in [0.4, 0.5) is 4.39 Å². The van der Waals surface area contributed by atoms with Gasteiger partial charge in [-0.3, -0.25) is 4.79 Å². The molecular weight excluding hydrogens is 265 g/mol. The van der Waals surface area contributed by atoms with Crippen molar-refractivity contribution in [3.63, 3.8) is 0 Å². The molecule has 2 aliphatic rings. The Morgan fingerprint density at radius 3 is 2.38 bits per heavy atom. The summed E-state index contributed by atoms with van der Waals surface area (Å²) >= 11 is 0. The number of aryl methyl sites for hydroxylation is 1. The lowest BCUT2D eigenvalue weighted by Crippen LogP contribution is -2.44. The molecule has 1 heterocycles. The summed E-state index contributed by atoms with van der Waals surface area (Å²) in [5.74, 6) is -0.531. The van der Waals surface area contributed by atoms with Gasteiger partial charge in [-0.25, -0.2) is 4.39 Å². The van der Waals surface area contributed by atoms with Crippen LogP contribution < -0.4 is 0 Å². The third kappa shape index (κ3) is 2.97. The molecule has 0 bridgehead atoms. The van der Waals surface area contributed by atoms with Crippen LogP contribution in [0.15, 0.2) is 18.2 Å². The van der Waals surface area contributed by atoms with E-state index >= 15 is 0 Å². The number of benzene rings is 1. The zero-order valence-electron chi connectivity index (χ0n) is 12.8. The van der Waals surface area contributed by atoms with Gasteiger partial charge in [-0.05, 0) is 55.7 Å². The first-order chi connectivity index (χ1) is 10.1. The zero-order valence-corrected chi connectivity index (χ0v) is 12.8. The highest BCUT2D eigenvalue weighted by Crippen LogP contribution is 2.44. The molecule has 3 heteroatoms. The van der Waals surface area contributed by atoms with Gasteiger partial charge in [-0.2, -0.15) is 0 Å². The van der Waals surface area contributed by atoms with Crippen molar-refractivity contribution in [1.29, 1.82) is 0 Å². The first-order valence-corrected chi connectivity index (χ1v) is 8.15. The quantitative estimate of drug-likeness (QED) is 0.754. The monoisotopic (exact) mass is 289 g/mol. The van der Waals surface area contributed by atoms with E-state index in [1.165, 1.54) is 38.2 Å². The van der Waals surface area contributed by atoms with Gasteiger partial charge in [0.05, 0.1) is 5.56 Å². The Kier molecular flexibility index (Phi) is 4.01. The first kappa shape index (κ1) is 14.6. The Morgan fingerprint density at radius 2 is 1.76 bits per heavy atom. The number of piperidine rings is 1. The van der Waals surface area contributed by atoms with Crippen LogP contribution in [0.3, 0.4) is 0 Å². The van der Waals surface area contributed by atoms with Crippen molar-refractivity contribution in [2.75, 3.05) is 13.1 Å². The van der Waals surface area contributed by atoms with Crippen molar-refractivity contribution in [3.8, 4) is 0 Å². The Bertz CT molecular complexity index is 524. The Morgan fingerprint density at radius 1 is 1.10 bits per heavy atom. The summed E-state index contributed by atoms with van der Waals surface area (Å²) in [4.78, 5) is 14.3. The maximum atomic E-state index is 14.0. The largest absolute Gasteiger partial charge is 0.339 e. The molecule has 1 saturated heterocycles. The molecular formula is C18H24FNO. The van der Waals surface area contributed by atoms with Crippen LogP contribution in [0.1, 0.15) is 60.9 Å². The molecule has 1 amide bonds. The van der Waals surface area contributed by atoms with Crippen molar-refractivity contribution >= 4 is 5.91 Å². The Labute approximate surface area is 126 Å². The summed E-state index contributed by atoms with van der Waals surface area (Å²) in [6.45, 7) is 3.41. The number of amides is 1. The molecule has 3 rings (SSSR count). The summed E-state index contributed by atoms with van der Waals surface area (Å²) < 4.78 is 14.0. The maximum Gasteiger partial charge on any atom is 0.256 e. The maximum absolute atomic E-state index is 14.0. The van der Waals surface area contributed by atoms with Gasteiger partial charge < -0.3 is 4.90 Å². The lowest BCUT2D eigenvalue weighted by Gasteiger charge is -2.44. The van der Waals surface area contributed by atoms with Crippen LogP contribution in [0.2, 0.25) is 0 Å². The number of hydrogen-bond acceptors (Lipinski definition) is 1. The summed E-state index contributed by atoms with van der Waals surface area (Å²) in [5.41, 5.74) is 1.55. The first-order valence-electron chi connectivity index (χ1n) is 8.15. The average Bonchev–Trinajstić information content (AvgIpc) is 2.48. The summed E-state index contributed by atoms with van der Waals surface area (Å²) in [6.07, 6.45) is 8.83. The lowest BCUT2D eigenvalue weighted by molar-refractivity contribution is 0.0468. The fourth-order valence-corrected chi connectivity index (χ4v) is 3.95. The van der Waals surface area contributed by atoms with Crippen LogP contribution in [0.5, 0.6) is 0 Å². The normalized spacial score (nSPS) is 21.5. The van der Waals surface area contributed by atoms with E-state index in [1.54, 1.807) is 6.07 Å². The highest BCUT2D eigenvalue weighted by atomic mass is 19.1. The molecule has 1 saturated carbocycles. The SMILES string of the molecule is Cc1ccc(C(=O)N2CCC3(CCCCC3)CC2)c(F)c1. The standard InChI is InChI=1S/C18H24FNO/c1-14-5-6-15(16(19)13-14)17(21)20-11-9-18(10-12-20)7-3-2-4-8-18/h5-6,13H,2-4,7-12H2,1H3. The van der Waals surface area contributed by atoms with E-state index in [9.17, 15) is 9.18 Å². The second-order valence-corrected chi connectivity index (χ2v) is 6.84. The van der Waals surface area contributed by atoms with Gasteiger partial charge in [-0.15, -0.1) is 0 Å². The highest BCUT2D eigenvalue weighted by molar-refractivity contribution is 5.94. The van der Waals surface area contributed by atoms with E-state index in [0.29, 0.717) is 5.41 Å². The number of likely N-dealkylation sites (tertiary alicyclic amines) is 1. The number of hydrogen-bond donors (Lipinski definition) is 0. The number of halogens is 1. The molecule has 1 aromatic rings. The molecule has 0 aromatic heterocycles. The number of carbonyl (C=O) groups excluding carboxylic acids is 1. The second-order valence-electron chi connectivity index (χ2n) is 6.84. The predicted molar refractivity (Wildman–Crippen MR) is 81.8 cm³/mol. The van der Waals surface area contributed by atoms with E-state index in [0.717, 1.165) is 31.5 Å². The second kappa shape index (κ2) is 5.78. The van der Waals surface area contributed by atoms with Crippen LogP contribution in [0, 0.1) is 18.2 Å². The van der Waals surface area contributed by atoms with Crippen molar-refractivity contribution in [3.05, 3.63) is 35.1 Å². The third-order valence-electron chi connectivity index (χ3n) is 5.38. The summed E-state index contributed by atoms with van der Waals surface area (Å²) in [5, 5.41) is 0. The molecule has 21 heavy (non-hydrogen) atoms. The molecule has 2 nitrogen and oxygen atoms in total. The third-order valence-corrected chi connectivity index (χ3v) is 5.38. The van der Waals surface area contributed by atoms with Gasteiger partial charge in [0.25, 0.3) is 5.91 Å². The zero-order chi connectivity index (χ0) is 14.9. The molecule has 0 N–H and O–H groups in total. The van der Waals surface area contributed by atoms with Crippen LogP contribution >= 0.6 is 0 Å². The van der Waals surface area contributed by atoms with E-state index in [1.807, 2.05) is 17.9 Å². The lowest BCUT2D eigenvalue weighted by atomic mass is 9.68. The van der Waals surface area contributed by atoms with Gasteiger partial charge in [0.15, 0.2) is 0 Å². The fourth-order valence-electron chi connectivity index (χ4n) is 3.95. The Hall–Kier alpha value is -1.38. The van der Waals surface area contributed by atoms with E-state index in [4.69, 9.17) is 0 Å². The molecule has 114 valence electrons. The molecule has 1 spiro atoms. The molecule has 0 radical (unpaired) electrons. The Balaban J connectivity index is 1.67. The summed E-state index contributed by atoms with van der Waals surface area (Å²) in [7, 11) is 0. The molecule has 0 unspecified atom stereocenters. The van der Waals surface area contributed by atoms with E-state index in [-0.39, 0.29) is 11.5 Å². The van der Waals surface area contributed by atoms with Crippen molar-refractivity contribution in [2.45, 2.75) is 51.9 Å². The topological polar surface area (TPSA) is 20.3 Å². The van der Waals surface area contributed by atoms with Crippen LogP contribution in [-0.4, -0.2) is 23.9 Å². The fraction of sp³-hybridized carbons (Fsp3) is 0.611. The number of carbonyl (C=O) groups is 1.